The highest BCUT2D eigenvalue weighted by Crippen LogP contribution is 2.27. The molecule has 0 aromatic heterocycles. The zero-order chi connectivity index (χ0) is 21.7. The summed E-state index contributed by atoms with van der Waals surface area (Å²) < 4.78 is -0.489. The van der Waals surface area contributed by atoms with Gasteiger partial charge in [-0.25, -0.2) is 14.4 Å². The molecule has 0 rings (SSSR count). The van der Waals surface area contributed by atoms with Gasteiger partial charge in [0.15, 0.2) is 18.1 Å². The molecular formula is C21H38NO6+. The fraction of sp³-hybridized carbons (Fsp3) is 0.762. The number of quaternary nitrogens is 1. The number of allylic oxidation sites excluding steroid dienone is 2. The number of carboxylic acids is 3. The Morgan fingerprint density at radius 2 is 1.11 bits per heavy atom. The lowest BCUT2D eigenvalue weighted by molar-refractivity contribution is -0.968. The Balaban J connectivity index is 4.99. The van der Waals surface area contributed by atoms with Crippen LogP contribution < -0.4 is 0 Å². The highest BCUT2D eigenvalue weighted by atomic mass is 16.4. The summed E-state index contributed by atoms with van der Waals surface area (Å²) in [6.45, 7) is 6.59. The van der Waals surface area contributed by atoms with Gasteiger partial charge < -0.3 is 15.3 Å². The first kappa shape index (κ1) is 26.1. The standard InChI is InChI=1S/C21H37NO6/c1-5-6-7-8-9-10-11-12-13-14-15-22(16(2)19(23)24,17(3)20(25)26)18(4)21(27)28/h8-9,16-18H,5-7,10-15H2,1-4H3,(H2-,23,24,25,26,27,28)/p+1/b9-8+. The summed E-state index contributed by atoms with van der Waals surface area (Å²) in [6.07, 6.45) is 12.2. The molecule has 0 heterocycles. The number of hydrogen-bond donors (Lipinski definition) is 3. The van der Waals surface area contributed by atoms with E-state index in [9.17, 15) is 29.7 Å². The van der Waals surface area contributed by atoms with E-state index < -0.39 is 40.5 Å². The molecule has 0 saturated heterocycles. The van der Waals surface area contributed by atoms with Crippen molar-refractivity contribution in [1.29, 1.82) is 0 Å². The van der Waals surface area contributed by atoms with Crippen LogP contribution in [-0.2, 0) is 14.4 Å². The van der Waals surface area contributed by atoms with E-state index in [1.807, 2.05) is 0 Å². The molecule has 0 spiro atoms. The average Bonchev–Trinajstić information content (AvgIpc) is 2.64. The fourth-order valence-corrected chi connectivity index (χ4v) is 3.76. The lowest BCUT2D eigenvalue weighted by Gasteiger charge is -2.47. The summed E-state index contributed by atoms with van der Waals surface area (Å²) >= 11 is 0. The van der Waals surface area contributed by atoms with E-state index in [0.717, 1.165) is 32.1 Å². The molecule has 3 atom stereocenters. The van der Waals surface area contributed by atoms with Crippen LogP contribution in [-0.4, -0.2) is 62.4 Å². The van der Waals surface area contributed by atoms with Gasteiger partial charge in [0, 0.05) is 0 Å². The first-order chi connectivity index (χ1) is 13.1. The van der Waals surface area contributed by atoms with E-state index in [1.54, 1.807) is 0 Å². The Kier molecular flexibility index (Phi) is 12.4. The molecule has 3 N–H and O–H groups in total. The maximum atomic E-state index is 11.7. The third-order valence-electron chi connectivity index (χ3n) is 5.79. The van der Waals surface area contributed by atoms with Gasteiger partial charge in [0.25, 0.3) is 0 Å². The molecule has 0 radical (unpaired) electrons. The van der Waals surface area contributed by atoms with Gasteiger partial charge in [-0.3, -0.25) is 4.48 Å². The number of carboxylic acid groups (broad SMARTS) is 3. The maximum absolute atomic E-state index is 11.7. The number of nitrogens with zero attached hydrogens (tertiary/aromatic N) is 1. The van der Waals surface area contributed by atoms with Crippen molar-refractivity contribution in [2.75, 3.05) is 6.54 Å². The number of hydrogen-bond acceptors (Lipinski definition) is 3. The highest BCUT2D eigenvalue weighted by Gasteiger charge is 2.52. The van der Waals surface area contributed by atoms with Crippen molar-refractivity contribution in [2.24, 2.45) is 0 Å². The molecule has 0 aromatic carbocycles. The predicted octanol–water partition coefficient (Wildman–Crippen LogP) is 3.92. The molecule has 28 heavy (non-hydrogen) atoms. The van der Waals surface area contributed by atoms with Crippen LogP contribution in [0.2, 0.25) is 0 Å². The molecule has 0 amide bonds. The SMILES string of the molecule is CCCC/C=C/CCCCCC[N+](C(C)C(=O)O)(C(C)C(=O)O)C(C)C(=O)O. The van der Waals surface area contributed by atoms with Crippen molar-refractivity contribution in [1.82, 2.24) is 0 Å². The molecule has 7 nitrogen and oxygen atoms in total. The Morgan fingerprint density at radius 3 is 1.50 bits per heavy atom. The molecule has 7 heteroatoms. The van der Waals surface area contributed by atoms with Gasteiger partial charge in [-0.2, -0.15) is 0 Å². The molecule has 0 aromatic rings. The molecule has 3 unspecified atom stereocenters. The minimum absolute atomic E-state index is 0.209. The largest absolute Gasteiger partial charge is 0.477 e. The van der Waals surface area contributed by atoms with Gasteiger partial charge in [0.1, 0.15) is 0 Å². The van der Waals surface area contributed by atoms with Gasteiger partial charge in [0.05, 0.1) is 6.54 Å². The van der Waals surface area contributed by atoms with Crippen molar-refractivity contribution in [2.45, 2.75) is 97.2 Å². The number of unbranched alkanes of at least 4 members (excludes halogenated alkanes) is 6. The number of aliphatic carboxylic acids is 3. The van der Waals surface area contributed by atoms with Crippen LogP contribution in [0.1, 0.15) is 79.1 Å². The first-order valence-corrected chi connectivity index (χ1v) is 10.3. The molecule has 162 valence electrons. The minimum Gasteiger partial charge on any atom is -0.477 e. The van der Waals surface area contributed by atoms with Crippen molar-refractivity contribution < 1.29 is 34.2 Å². The van der Waals surface area contributed by atoms with Crippen LogP contribution in [0.3, 0.4) is 0 Å². The van der Waals surface area contributed by atoms with Gasteiger partial charge in [0.2, 0.25) is 0 Å². The molecule has 0 saturated carbocycles. The number of rotatable bonds is 16. The quantitative estimate of drug-likeness (QED) is 0.206. The monoisotopic (exact) mass is 400 g/mol. The predicted molar refractivity (Wildman–Crippen MR) is 108 cm³/mol. The second-order valence-corrected chi connectivity index (χ2v) is 7.58. The lowest BCUT2D eigenvalue weighted by Crippen LogP contribution is -2.70. The molecule has 0 aliphatic carbocycles. The van der Waals surface area contributed by atoms with Crippen LogP contribution in [0.15, 0.2) is 12.2 Å². The van der Waals surface area contributed by atoms with Crippen molar-refractivity contribution in [3.05, 3.63) is 12.2 Å². The van der Waals surface area contributed by atoms with E-state index in [4.69, 9.17) is 0 Å². The number of carbonyl (C=O) groups is 3. The first-order valence-electron chi connectivity index (χ1n) is 10.3. The van der Waals surface area contributed by atoms with Crippen LogP contribution in [0, 0.1) is 0 Å². The van der Waals surface area contributed by atoms with Crippen molar-refractivity contribution in [3.63, 3.8) is 0 Å². The summed E-state index contributed by atoms with van der Waals surface area (Å²) in [5, 5.41) is 28.6. The Labute approximate surface area is 168 Å². The van der Waals surface area contributed by atoms with Crippen LogP contribution in [0.4, 0.5) is 0 Å². The third kappa shape index (κ3) is 7.62. The lowest BCUT2D eigenvalue weighted by atomic mass is 10.00. The Morgan fingerprint density at radius 1 is 0.714 bits per heavy atom. The normalized spacial score (nSPS) is 17.0. The summed E-state index contributed by atoms with van der Waals surface area (Å²) in [7, 11) is 0. The third-order valence-corrected chi connectivity index (χ3v) is 5.79. The van der Waals surface area contributed by atoms with Crippen LogP contribution >= 0.6 is 0 Å². The second kappa shape index (κ2) is 13.3. The van der Waals surface area contributed by atoms with Crippen molar-refractivity contribution >= 4 is 17.9 Å². The summed E-state index contributed by atoms with van der Waals surface area (Å²) in [5.74, 6) is -3.55. The summed E-state index contributed by atoms with van der Waals surface area (Å²) in [4.78, 5) is 35.0. The van der Waals surface area contributed by atoms with Gasteiger partial charge >= 0.3 is 17.9 Å². The smallest absolute Gasteiger partial charge is 0.362 e. The molecule has 0 aliphatic heterocycles. The summed E-state index contributed by atoms with van der Waals surface area (Å²) in [6, 6.07) is -3.38. The van der Waals surface area contributed by atoms with Gasteiger partial charge in [-0.05, 0) is 52.9 Å². The molecule has 0 bridgehead atoms. The Hall–Kier alpha value is -1.89. The molecule has 0 aliphatic rings. The average molecular weight is 401 g/mol. The zero-order valence-corrected chi connectivity index (χ0v) is 17.8. The van der Waals surface area contributed by atoms with Crippen LogP contribution in [0.25, 0.3) is 0 Å². The van der Waals surface area contributed by atoms with Gasteiger partial charge in [-0.1, -0.05) is 38.3 Å². The Bertz CT molecular complexity index is 481. The summed E-state index contributed by atoms with van der Waals surface area (Å²) in [5.41, 5.74) is 0. The topological polar surface area (TPSA) is 112 Å². The van der Waals surface area contributed by atoms with Crippen molar-refractivity contribution in [3.8, 4) is 0 Å². The second-order valence-electron chi connectivity index (χ2n) is 7.58. The van der Waals surface area contributed by atoms with E-state index in [-0.39, 0.29) is 6.54 Å². The van der Waals surface area contributed by atoms with E-state index >= 15 is 0 Å². The van der Waals surface area contributed by atoms with Crippen LogP contribution in [0.5, 0.6) is 0 Å². The highest BCUT2D eigenvalue weighted by molar-refractivity contribution is 5.77. The maximum Gasteiger partial charge on any atom is 0.362 e. The molecule has 0 fully saturated rings. The zero-order valence-electron chi connectivity index (χ0n) is 17.8. The van der Waals surface area contributed by atoms with Gasteiger partial charge in [-0.15, -0.1) is 0 Å². The van der Waals surface area contributed by atoms with E-state index in [1.165, 1.54) is 33.6 Å². The molecular weight excluding hydrogens is 362 g/mol. The van der Waals surface area contributed by atoms with E-state index in [0.29, 0.717) is 6.42 Å². The fourth-order valence-electron chi connectivity index (χ4n) is 3.76. The van der Waals surface area contributed by atoms with E-state index in [2.05, 4.69) is 19.1 Å². The minimum atomic E-state index is -1.18.